The second-order valence-electron chi connectivity index (χ2n) is 22.9. The second kappa shape index (κ2) is 63.1. The van der Waals surface area contributed by atoms with Crippen LogP contribution in [0, 0.1) is 0 Å². The van der Waals surface area contributed by atoms with Crippen LogP contribution < -0.4 is 10.6 Å². The third-order valence-electron chi connectivity index (χ3n) is 15.8. The minimum Gasteiger partial charge on any atom is -0.315 e. The van der Waals surface area contributed by atoms with Crippen molar-refractivity contribution in [3.8, 4) is 0 Å². The Bertz CT molecular complexity index is 853. The molecule has 0 saturated heterocycles. The van der Waals surface area contributed by atoms with Crippen LogP contribution in [0.15, 0.2) is 0 Å². The van der Waals surface area contributed by atoms with E-state index < -0.39 is 0 Å². The first-order valence-corrected chi connectivity index (χ1v) is 33.3. The molecule has 0 amide bonds. The van der Waals surface area contributed by atoms with Gasteiger partial charge < -0.3 is 25.3 Å². The van der Waals surface area contributed by atoms with Crippen LogP contribution in [-0.4, -0.2) is 99.8 Å². The Morgan fingerprint density at radius 2 is 0.329 bits per heavy atom. The number of rotatable bonds is 64. The molecule has 0 unspecified atom stereocenters. The van der Waals surface area contributed by atoms with Gasteiger partial charge in [0, 0.05) is 39.3 Å². The Morgan fingerprint density at radius 3 is 0.543 bits per heavy atom. The van der Waals surface area contributed by atoms with Crippen molar-refractivity contribution in [3.05, 3.63) is 0 Å². The molecule has 0 aromatic carbocycles. The summed E-state index contributed by atoms with van der Waals surface area (Å²) >= 11 is 0. The quantitative estimate of drug-likeness (QED) is 0.0594. The molecule has 0 bridgehead atoms. The molecule has 0 aromatic heterocycles. The second-order valence-corrected chi connectivity index (χ2v) is 22.9. The summed E-state index contributed by atoms with van der Waals surface area (Å²) < 4.78 is 0. The molecule has 2 N–H and O–H groups in total. The Hall–Kier alpha value is -0.200. The van der Waals surface area contributed by atoms with Gasteiger partial charge in [0.05, 0.1) is 0 Å². The molecule has 0 atom stereocenters. The summed E-state index contributed by atoms with van der Waals surface area (Å²) in [7, 11) is 0. The van der Waals surface area contributed by atoms with Crippen LogP contribution in [0.4, 0.5) is 0 Å². The predicted octanol–water partition coefficient (Wildman–Crippen LogP) is 19.5. The predicted molar refractivity (Wildman–Crippen MR) is 320 cm³/mol. The van der Waals surface area contributed by atoms with E-state index in [9.17, 15) is 0 Å². The lowest BCUT2D eigenvalue weighted by atomic mass is 10.0. The number of nitrogens with zero attached hydrogens (tertiary/aromatic N) is 3. The Balaban J connectivity index is 4.72. The van der Waals surface area contributed by atoms with Gasteiger partial charge in [0.25, 0.3) is 0 Å². The monoisotopic (exact) mass is 988 g/mol. The van der Waals surface area contributed by atoms with Gasteiger partial charge >= 0.3 is 0 Å². The minimum atomic E-state index is 1.15. The molecule has 0 aliphatic rings. The maximum absolute atomic E-state index is 3.89. The Kier molecular flexibility index (Phi) is 62.9. The average Bonchev–Trinajstić information content (AvgIpc) is 3.37. The average molecular weight is 989 g/mol. The molecule has 0 aliphatic heterocycles. The maximum Gasteiger partial charge on any atom is 0.0110 e. The Morgan fingerprint density at radius 1 is 0.157 bits per heavy atom. The molecule has 70 heavy (non-hydrogen) atoms. The zero-order chi connectivity index (χ0) is 50.6. The maximum atomic E-state index is 3.89. The van der Waals surface area contributed by atoms with E-state index in [0.29, 0.717) is 0 Å². The summed E-state index contributed by atoms with van der Waals surface area (Å²) in [6, 6.07) is 0. The van der Waals surface area contributed by atoms with Crippen LogP contribution in [0.5, 0.6) is 0 Å². The number of nitrogens with one attached hydrogen (secondary N) is 2. The van der Waals surface area contributed by atoms with E-state index in [1.54, 1.807) is 0 Å². The van der Waals surface area contributed by atoms with Gasteiger partial charge in [-0.05, 0) is 90.8 Å². The number of hydrogen-bond donors (Lipinski definition) is 2. The molecule has 5 nitrogen and oxygen atoms in total. The fourth-order valence-corrected chi connectivity index (χ4v) is 10.7. The van der Waals surface area contributed by atoms with Crippen LogP contribution in [0.1, 0.15) is 336 Å². The van der Waals surface area contributed by atoms with E-state index in [1.165, 1.54) is 374 Å². The summed E-state index contributed by atoms with van der Waals surface area (Å²) in [5.74, 6) is 0. The van der Waals surface area contributed by atoms with Gasteiger partial charge in [0.2, 0.25) is 0 Å². The van der Waals surface area contributed by atoms with Gasteiger partial charge in [-0.3, -0.25) is 0 Å². The molecule has 0 rings (SSSR count). The molecule has 5 heteroatoms. The molecule has 0 spiro atoms. The zero-order valence-corrected chi connectivity index (χ0v) is 49.8. The zero-order valence-electron chi connectivity index (χ0n) is 49.8. The van der Waals surface area contributed by atoms with Crippen molar-refractivity contribution < 1.29 is 0 Å². The standard InChI is InChI=1S/C65H137N5/c1-6-11-16-21-26-28-30-32-34-39-44-48-57-68(58-49-45-40-35-33-31-29-27-22-17-12-7-2)62-55-66-53-46-47-54-67-56-63-70(61-52-43-38-25-20-15-10-5)65-64-69(59-50-41-36-23-18-13-8-3)60-51-42-37-24-19-14-9-4/h66-67H,6-65H2,1-5H3. The smallest absolute Gasteiger partial charge is 0.0110 e. The lowest BCUT2D eigenvalue weighted by Gasteiger charge is -2.28. The summed E-state index contributed by atoms with van der Waals surface area (Å²) in [4.78, 5) is 8.53. The highest BCUT2D eigenvalue weighted by Crippen LogP contribution is 2.16. The van der Waals surface area contributed by atoms with Gasteiger partial charge in [-0.25, -0.2) is 0 Å². The summed E-state index contributed by atoms with van der Waals surface area (Å²) in [6.45, 7) is 27.8. The summed E-state index contributed by atoms with van der Waals surface area (Å²) in [5.41, 5.74) is 0. The van der Waals surface area contributed by atoms with Crippen LogP contribution in [-0.2, 0) is 0 Å². The Labute approximate surface area is 444 Å². The lowest BCUT2D eigenvalue weighted by Crippen LogP contribution is -2.40. The van der Waals surface area contributed by atoms with Gasteiger partial charge in [-0.2, -0.15) is 0 Å². The topological polar surface area (TPSA) is 33.8 Å². The van der Waals surface area contributed by atoms with Crippen LogP contribution in [0.3, 0.4) is 0 Å². The van der Waals surface area contributed by atoms with Crippen molar-refractivity contribution in [2.75, 3.05) is 85.1 Å². The summed E-state index contributed by atoms with van der Waals surface area (Å²) in [6.07, 6.45) is 66.9. The van der Waals surface area contributed by atoms with Gasteiger partial charge in [-0.15, -0.1) is 0 Å². The third-order valence-corrected chi connectivity index (χ3v) is 15.8. The highest BCUT2D eigenvalue weighted by molar-refractivity contribution is 4.68. The van der Waals surface area contributed by atoms with E-state index in [2.05, 4.69) is 60.0 Å². The SMILES string of the molecule is CCCCCCCCCCCCCCN(CCCCCCCCCCCCCC)CCNCCCCNCCN(CCCCCCCCC)CCN(CCCCCCCCC)CCCCCCCCC. The molecule has 0 fully saturated rings. The lowest BCUT2D eigenvalue weighted by molar-refractivity contribution is 0.195. The first-order valence-electron chi connectivity index (χ1n) is 33.3. The molecular weight excluding hydrogens is 851 g/mol. The molecule has 0 radical (unpaired) electrons. The van der Waals surface area contributed by atoms with E-state index in [0.717, 1.165) is 13.1 Å². The van der Waals surface area contributed by atoms with Crippen LogP contribution in [0.2, 0.25) is 0 Å². The first-order chi connectivity index (χ1) is 34.7. The molecule has 0 saturated carbocycles. The van der Waals surface area contributed by atoms with Crippen molar-refractivity contribution in [3.63, 3.8) is 0 Å². The van der Waals surface area contributed by atoms with Crippen molar-refractivity contribution in [1.29, 1.82) is 0 Å². The van der Waals surface area contributed by atoms with E-state index >= 15 is 0 Å². The van der Waals surface area contributed by atoms with Crippen molar-refractivity contribution in [1.82, 2.24) is 25.3 Å². The van der Waals surface area contributed by atoms with Gasteiger partial charge in [0.15, 0.2) is 0 Å². The van der Waals surface area contributed by atoms with Crippen molar-refractivity contribution in [2.45, 2.75) is 336 Å². The fraction of sp³-hybridized carbons (Fsp3) is 1.00. The highest BCUT2D eigenvalue weighted by atomic mass is 15.2. The van der Waals surface area contributed by atoms with Crippen LogP contribution in [0.25, 0.3) is 0 Å². The first kappa shape index (κ1) is 69.8. The van der Waals surface area contributed by atoms with Gasteiger partial charge in [0.1, 0.15) is 0 Å². The van der Waals surface area contributed by atoms with Gasteiger partial charge in [-0.1, -0.05) is 291 Å². The summed E-state index contributed by atoms with van der Waals surface area (Å²) in [5, 5.41) is 7.75. The molecule has 422 valence electrons. The molecule has 0 heterocycles. The van der Waals surface area contributed by atoms with Crippen molar-refractivity contribution >= 4 is 0 Å². The molecule has 0 aromatic rings. The minimum absolute atomic E-state index is 1.15. The van der Waals surface area contributed by atoms with E-state index in [-0.39, 0.29) is 0 Å². The largest absolute Gasteiger partial charge is 0.315 e. The molecular formula is C65H137N5. The normalized spacial score (nSPS) is 12.0. The van der Waals surface area contributed by atoms with E-state index in [1.807, 2.05) is 0 Å². The number of hydrogen-bond acceptors (Lipinski definition) is 5. The van der Waals surface area contributed by atoms with Crippen LogP contribution >= 0.6 is 0 Å². The highest BCUT2D eigenvalue weighted by Gasteiger charge is 2.11. The third kappa shape index (κ3) is 57.1. The number of unbranched alkanes of at least 4 members (excludes halogenated alkanes) is 41. The molecule has 0 aliphatic carbocycles. The van der Waals surface area contributed by atoms with Crippen molar-refractivity contribution in [2.24, 2.45) is 0 Å². The van der Waals surface area contributed by atoms with E-state index in [4.69, 9.17) is 0 Å². The fourth-order valence-electron chi connectivity index (χ4n) is 10.7.